The Morgan fingerprint density at radius 3 is 2.70 bits per heavy atom. The molecule has 194 valence electrons. The molecule has 3 aromatic rings. The molecule has 1 aliphatic rings. The maximum Gasteiger partial charge on any atom is 0.131 e. The Bertz CT molecular complexity index is 1260. The number of nitrogens with zero attached hydrogens (tertiary/aromatic N) is 5. The minimum Gasteiger partial charge on any atom is -0.371 e. The zero-order valence-electron chi connectivity index (χ0n) is 21.9. The van der Waals surface area contributed by atoms with Crippen LogP contribution in [0.3, 0.4) is 0 Å². The van der Waals surface area contributed by atoms with Crippen LogP contribution in [0.5, 0.6) is 0 Å². The lowest BCUT2D eigenvalue weighted by Crippen LogP contribution is -2.39. The van der Waals surface area contributed by atoms with Gasteiger partial charge in [0.05, 0.1) is 17.1 Å². The molecule has 7 nitrogen and oxygen atoms in total. The van der Waals surface area contributed by atoms with Gasteiger partial charge in [0.15, 0.2) is 0 Å². The van der Waals surface area contributed by atoms with Crippen molar-refractivity contribution in [3.63, 3.8) is 0 Å². The monoisotopic (exact) mass is 501 g/mol. The number of aromatic nitrogens is 2. The smallest absolute Gasteiger partial charge is 0.131 e. The second-order valence-corrected chi connectivity index (χ2v) is 9.58. The number of aryl methyl sites for hydroxylation is 3. The summed E-state index contributed by atoms with van der Waals surface area (Å²) in [6.45, 7) is 11.3. The van der Waals surface area contributed by atoms with Gasteiger partial charge in [-0.05, 0) is 99.5 Å². The van der Waals surface area contributed by atoms with Crippen molar-refractivity contribution in [1.29, 1.82) is 0 Å². The second-order valence-electron chi connectivity index (χ2n) is 9.58. The third-order valence-corrected chi connectivity index (χ3v) is 6.63. The van der Waals surface area contributed by atoms with E-state index in [-0.39, 0.29) is 5.82 Å². The van der Waals surface area contributed by atoms with E-state index in [2.05, 4.69) is 55.5 Å². The molecule has 1 fully saturated rings. The number of piperidine rings is 1. The molecule has 0 saturated carbocycles. The van der Waals surface area contributed by atoms with Crippen LogP contribution in [0, 0.1) is 25.6 Å². The number of anilines is 2. The number of hydrogen-bond donors (Lipinski definition) is 2. The van der Waals surface area contributed by atoms with Crippen molar-refractivity contribution >= 4 is 30.0 Å². The van der Waals surface area contributed by atoms with Crippen LogP contribution >= 0.6 is 0 Å². The topological polar surface area (TPSA) is 69.8 Å². The number of hydrogen-bond acceptors (Lipinski definition) is 6. The van der Waals surface area contributed by atoms with Crippen LogP contribution in [0.15, 0.2) is 70.4 Å². The van der Waals surface area contributed by atoms with Crippen LogP contribution in [0.25, 0.3) is 0 Å². The van der Waals surface area contributed by atoms with E-state index in [1.165, 1.54) is 30.3 Å². The van der Waals surface area contributed by atoms with E-state index in [0.29, 0.717) is 17.3 Å². The molecule has 4 rings (SSSR count). The van der Waals surface area contributed by atoms with E-state index in [1.54, 1.807) is 31.3 Å². The zero-order valence-corrected chi connectivity index (χ0v) is 21.9. The first-order valence-electron chi connectivity index (χ1n) is 12.7. The highest BCUT2D eigenvalue weighted by Crippen LogP contribution is 2.25. The molecule has 2 aromatic carbocycles. The molecule has 1 unspecified atom stereocenters. The third kappa shape index (κ3) is 7.36. The van der Waals surface area contributed by atoms with Crippen LogP contribution in [0.1, 0.15) is 29.8 Å². The molecule has 0 spiro atoms. The molecule has 1 aromatic heterocycles. The summed E-state index contributed by atoms with van der Waals surface area (Å²) in [6.07, 6.45) is 5.87. The first kappa shape index (κ1) is 26.3. The van der Waals surface area contributed by atoms with Gasteiger partial charge in [-0.25, -0.2) is 9.38 Å². The van der Waals surface area contributed by atoms with Gasteiger partial charge < -0.3 is 15.5 Å². The number of aliphatic imine (C=N–C) groups is 2. The Morgan fingerprint density at radius 1 is 1.19 bits per heavy atom. The Hall–Kier alpha value is -3.78. The van der Waals surface area contributed by atoms with Crippen LogP contribution in [0.2, 0.25) is 0 Å². The number of benzene rings is 2. The number of nitrogens with one attached hydrogen (secondary N) is 2. The maximum atomic E-state index is 13.5. The summed E-state index contributed by atoms with van der Waals surface area (Å²) >= 11 is 0. The van der Waals surface area contributed by atoms with Gasteiger partial charge in [-0.2, -0.15) is 5.10 Å². The van der Waals surface area contributed by atoms with Crippen LogP contribution in [0.4, 0.5) is 21.5 Å². The van der Waals surface area contributed by atoms with Crippen molar-refractivity contribution in [2.24, 2.45) is 23.0 Å². The van der Waals surface area contributed by atoms with Gasteiger partial charge in [0.2, 0.25) is 0 Å². The predicted molar refractivity (Wildman–Crippen MR) is 152 cm³/mol. The van der Waals surface area contributed by atoms with Gasteiger partial charge in [0, 0.05) is 50.8 Å². The highest BCUT2D eigenvalue weighted by molar-refractivity contribution is 5.77. The fourth-order valence-electron chi connectivity index (χ4n) is 4.65. The molecule has 1 aliphatic heterocycles. The largest absolute Gasteiger partial charge is 0.371 e. The minimum atomic E-state index is -0.236. The second kappa shape index (κ2) is 12.5. The minimum absolute atomic E-state index is 0.236. The number of allylic oxidation sites excluding steroid dienone is 1. The van der Waals surface area contributed by atoms with Gasteiger partial charge in [-0.1, -0.05) is 0 Å². The summed E-state index contributed by atoms with van der Waals surface area (Å²) in [5.74, 6) is 0.922. The summed E-state index contributed by atoms with van der Waals surface area (Å²) in [6, 6.07) is 15.3. The summed E-state index contributed by atoms with van der Waals surface area (Å²) in [5, 5.41) is 11.2. The summed E-state index contributed by atoms with van der Waals surface area (Å²) in [5.41, 5.74) is 5.68. The highest BCUT2D eigenvalue weighted by Gasteiger charge is 2.20. The quantitative estimate of drug-likeness (QED) is 0.358. The number of rotatable bonds is 10. The Kier molecular flexibility index (Phi) is 8.85. The Balaban J connectivity index is 1.29. The molecule has 2 heterocycles. The van der Waals surface area contributed by atoms with Crippen LogP contribution in [-0.4, -0.2) is 42.3 Å². The fraction of sp³-hybridized carbons (Fsp3) is 0.345. The van der Waals surface area contributed by atoms with E-state index in [0.717, 1.165) is 43.2 Å². The third-order valence-electron chi connectivity index (χ3n) is 6.63. The molecule has 2 N–H and O–H groups in total. The molecule has 1 atom stereocenters. The van der Waals surface area contributed by atoms with Gasteiger partial charge in [0.25, 0.3) is 0 Å². The normalized spacial score (nSPS) is 16.4. The van der Waals surface area contributed by atoms with Gasteiger partial charge in [0.1, 0.15) is 11.6 Å². The Morgan fingerprint density at radius 2 is 2.00 bits per heavy atom. The Labute approximate surface area is 218 Å². The molecule has 8 heteroatoms. The first-order chi connectivity index (χ1) is 17.9. The average Bonchev–Trinajstić information content (AvgIpc) is 3.22. The van der Waals surface area contributed by atoms with Crippen molar-refractivity contribution < 1.29 is 4.39 Å². The standard InChI is InChI=1S/C29H36FN7/c1-21-16-25(9-12-28(21)30)34-29(31-3)13-14-33-24-7-10-26(11-8-24)37-15-5-6-23(20-37)18-32-19-27-17-22(2)35-36(27)4/h7-14,16-17,23,32,34H,3,5-6,15,18-20H2,1-2,4H3/b29-13+,33-14?. The molecule has 0 radical (unpaired) electrons. The fourth-order valence-corrected chi connectivity index (χ4v) is 4.65. The SMILES string of the molecule is C=N/C(=C\C=Nc1ccc(N2CCCC(CNCc3cc(C)nn3C)C2)cc1)Nc1ccc(F)c(C)c1. The van der Waals surface area contributed by atoms with Crippen LogP contribution < -0.4 is 15.5 Å². The van der Waals surface area contributed by atoms with Crippen molar-refractivity contribution in [1.82, 2.24) is 15.1 Å². The molecular weight excluding hydrogens is 465 g/mol. The van der Waals surface area contributed by atoms with Crippen LogP contribution in [-0.2, 0) is 13.6 Å². The van der Waals surface area contributed by atoms with Crippen molar-refractivity contribution in [2.45, 2.75) is 33.2 Å². The van der Waals surface area contributed by atoms with E-state index in [4.69, 9.17) is 0 Å². The van der Waals surface area contributed by atoms with E-state index in [9.17, 15) is 4.39 Å². The lowest BCUT2D eigenvalue weighted by molar-refractivity contribution is 0.389. The first-order valence-corrected chi connectivity index (χ1v) is 12.7. The van der Waals surface area contributed by atoms with Gasteiger partial charge in [-0.3, -0.25) is 9.67 Å². The number of halogens is 1. The molecule has 0 amide bonds. The van der Waals surface area contributed by atoms with Gasteiger partial charge in [-0.15, -0.1) is 0 Å². The predicted octanol–water partition coefficient (Wildman–Crippen LogP) is 5.54. The summed E-state index contributed by atoms with van der Waals surface area (Å²) in [4.78, 5) is 11.0. The lowest BCUT2D eigenvalue weighted by Gasteiger charge is -2.34. The average molecular weight is 502 g/mol. The molecule has 1 saturated heterocycles. The van der Waals surface area contributed by atoms with Crippen molar-refractivity contribution in [3.8, 4) is 0 Å². The van der Waals surface area contributed by atoms with E-state index < -0.39 is 0 Å². The summed E-state index contributed by atoms with van der Waals surface area (Å²) < 4.78 is 15.4. The van der Waals surface area contributed by atoms with Crippen molar-refractivity contribution in [2.75, 3.05) is 29.9 Å². The molecule has 37 heavy (non-hydrogen) atoms. The molecule has 0 bridgehead atoms. The lowest BCUT2D eigenvalue weighted by atomic mass is 9.97. The molecule has 0 aliphatic carbocycles. The maximum absolute atomic E-state index is 13.5. The van der Waals surface area contributed by atoms with E-state index >= 15 is 0 Å². The summed E-state index contributed by atoms with van der Waals surface area (Å²) in [7, 11) is 2.00. The van der Waals surface area contributed by atoms with Crippen molar-refractivity contribution in [3.05, 3.63) is 83.2 Å². The zero-order chi connectivity index (χ0) is 26.2. The molecular formula is C29H36FN7. The van der Waals surface area contributed by atoms with E-state index in [1.807, 2.05) is 30.8 Å². The highest BCUT2D eigenvalue weighted by atomic mass is 19.1. The van der Waals surface area contributed by atoms with Gasteiger partial charge >= 0.3 is 0 Å².